The summed E-state index contributed by atoms with van der Waals surface area (Å²) in [5, 5.41) is 7.31. The van der Waals surface area contributed by atoms with Gasteiger partial charge in [0.1, 0.15) is 0 Å². The zero-order valence-electron chi connectivity index (χ0n) is 16.3. The molecule has 2 aliphatic carbocycles. The molecule has 2 fully saturated rings. The summed E-state index contributed by atoms with van der Waals surface area (Å²) in [6.45, 7) is 2.17. The lowest BCUT2D eigenvalue weighted by Gasteiger charge is -2.12. The van der Waals surface area contributed by atoms with Crippen LogP contribution in [0.3, 0.4) is 0 Å². The first-order valence-corrected chi connectivity index (χ1v) is 10.6. The SMILES string of the molecule is c1ccc(-c2ccccc2-c2cccc([C@@H]3C[C@H]3NCCNC3CC3)c2)cc1. The molecule has 0 amide bonds. The van der Waals surface area contributed by atoms with Crippen molar-refractivity contribution in [3.8, 4) is 22.3 Å². The van der Waals surface area contributed by atoms with Crippen LogP contribution < -0.4 is 10.6 Å². The highest BCUT2D eigenvalue weighted by Crippen LogP contribution is 2.42. The molecule has 0 bridgehead atoms. The van der Waals surface area contributed by atoms with Crippen LogP contribution in [0.1, 0.15) is 30.7 Å². The Balaban J connectivity index is 1.30. The van der Waals surface area contributed by atoms with E-state index in [1.54, 1.807) is 0 Å². The Hall–Kier alpha value is -2.42. The molecular formula is C26H28N2. The predicted octanol–water partition coefficient (Wildman–Crippen LogP) is 5.22. The molecule has 0 aromatic heterocycles. The molecule has 0 heterocycles. The lowest BCUT2D eigenvalue weighted by atomic mass is 9.93. The molecule has 2 nitrogen and oxygen atoms in total. The van der Waals surface area contributed by atoms with E-state index in [1.165, 1.54) is 47.1 Å². The molecule has 2 saturated carbocycles. The van der Waals surface area contributed by atoms with Crippen LogP contribution in [0.15, 0.2) is 78.9 Å². The van der Waals surface area contributed by atoms with Crippen LogP contribution >= 0.6 is 0 Å². The first-order valence-electron chi connectivity index (χ1n) is 10.6. The topological polar surface area (TPSA) is 24.1 Å². The van der Waals surface area contributed by atoms with Gasteiger partial charge in [-0.05, 0) is 47.1 Å². The van der Waals surface area contributed by atoms with Gasteiger partial charge in [-0.25, -0.2) is 0 Å². The second-order valence-electron chi connectivity index (χ2n) is 8.17. The van der Waals surface area contributed by atoms with E-state index in [1.807, 2.05) is 0 Å². The first kappa shape index (κ1) is 17.7. The minimum absolute atomic E-state index is 0.639. The fraction of sp³-hybridized carbons (Fsp3) is 0.308. The molecule has 0 spiro atoms. The standard InChI is InChI=1S/C26H28N2/c1-2-7-19(8-3-1)23-11-4-5-12-24(23)20-9-6-10-21(17-20)25-18-26(25)28-16-15-27-22-13-14-22/h1-12,17,22,25-28H,13-16,18H2/t25-,26+/m0/s1. The summed E-state index contributed by atoms with van der Waals surface area (Å²) in [6, 6.07) is 30.0. The van der Waals surface area contributed by atoms with Crippen molar-refractivity contribution in [2.24, 2.45) is 0 Å². The van der Waals surface area contributed by atoms with Crippen molar-refractivity contribution in [2.45, 2.75) is 37.3 Å². The van der Waals surface area contributed by atoms with Crippen molar-refractivity contribution in [1.29, 1.82) is 0 Å². The summed E-state index contributed by atoms with van der Waals surface area (Å²) < 4.78 is 0. The number of nitrogens with one attached hydrogen (secondary N) is 2. The van der Waals surface area contributed by atoms with Gasteiger partial charge in [0.25, 0.3) is 0 Å². The third-order valence-electron chi connectivity index (χ3n) is 5.97. The summed E-state index contributed by atoms with van der Waals surface area (Å²) >= 11 is 0. The van der Waals surface area contributed by atoms with Crippen molar-refractivity contribution >= 4 is 0 Å². The average Bonchev–Trinajstić information content (AvgIpc) is 3.68. The highest BCUT2D eigenvalue weighted by atomic mass is 15.0. The summed E-state index contributed by atoms with van der Waals surface area (Å²) in [4.78, 5) is 0. The second-order valence-corrected chi connectivity index (χ2v) is 8.17. The molecule has 2 heteroatoms. The van der Waals surface area contributed by atoms with Gasteiger partial charge in [0.15, 0.2) is 0 Å². The second kappa shape index (κ2) is 7.90. The molecule has 2 atom stereocenters. The Labute approximate surface area is 168 Å². The van der Waals surface area contributed by atoms with Crippen LogP contribution in [-0.2, 0) is 0 Å². The van der Waals surface area contributed by atoms with Gasteiger partial charge in [0, 0.05) is 31.1 Å². The average molecular weight is 369 g/mol. The van der Waals surface area contributed by atoms with Crippen molar-refractivity contribution in [1.82, 2.24) is 10.6 Å². The maximum atomic E-state index is 3.72. The van der Waals surface area contributed by atoms with E-state index < -0.39 is 0 Å². The maximum Gasteiger partial charge on any atom is 0.0143 e. The van der Waals surface area contributed by atoms with Crippen molar-refractivity contribution in [3.05, 3.63) is 84.4 Å². The monoisotopic (exact) mass is 368 g/mol. The Kier molecular flexibility index (Phi) is 4.99. The molecule has 0 aliphatic heterocycles. The minimum Gasteiger partial charge on any atom is -0.313 e. The van der Waals surface area contributed by atoms with E-state index in [9.17, 15) is 0 Å². The highest BCUT2D eigenvalue weighted by Gasteiger charge is 2.37. The molecule has 0 radical (unpaired) electrons. The number of hydrogen-bond donors (Lipinski definition) is 2. The smallest absolute Gasteiger partial charge is 0.0143 e. The Bertz CT molecular complexity index is 930. The van der Waals surface area contributed by atoms with Gasteiger partial charge >= 0.3 is 0 Å². The molecule has 3 aromatic rings. The lowest BCUT2D eigenvalue weighted by Crippen LogP contribution is -2.30. The summed E-state index contributed by atoms with van der Waals surface area (Å²) in [6.07, 6.45) is 3.99. The van der Waals surface area contributed by atoms with Crippen LogP contribution in [-0.4, -0.2) is 25.2 Å². The lowest BCUT2D eigenvalue weighted by molar-refractivity contribution is 0.600. The molecule has 0 saturated heterocycles. The van der Waals surface area contributed by atoms with Gasteiger partial charge in [0.2, 0.25) is 0 Å². The normalized spacial score (nSPS) is 20.9. The third kappa shape index (κ3) is 4.04. The molecule has 28 heavy (non-hydrogen) atoms. The molecule has 2 aliphatic rings. The minimum atomic E-state index is 0.639. The highest BCUT2D eigenvalue weighted by molar-refractivity contribution is 5.83. The van der Waals surface area contributed by atoms with Gasteiger partial charge in [-0.3, -0.25) is 0 Å². The molecular weight excluding hydrogens is 340 g/mol. The third-order valence-corrected chi connectivity index (χ3v) is 5.97. The van der Waals surface area contributed by atoms with E-state index in [4.69, 9.17) is 0 Å². The van der Waals surface area contributed by atoms with E-state index in [-0.39, 0.29) is 0 Å². The van der Waals surface area contributed by atoms with Gasteiger partial charge in [-0.2, -0.15) is 0 Å². The molecule has 142 valence electrons. The maximum absolute atomic E-state index is 3.72. The molecule has 3 aromatic carbocycles. The van der Waals surface area contributed by atoms with Gasteiger partial charge in [0.05, 0.1) is 0 Å². The van der Waals surface area contributed by atoms with E-state index in [2.05, 4.69) is 89.5 Å². The Morgan fingerprint density at radius 1 is 0.679 bits per heavy atom. The van der Waals surface area contributed by atoms with Crippen molar-refractivity contribution in [2.75, 3.05) is 13.1 Å². The van der Waals surface area contributed by atoms with E-state index >= 15 is 0 Å². The quantitative estimate of drug-likeness (QED) is 0.533. The van der Waals surface area contributed by atoms with Crippen LogP contribution in [0.4, 0.5) is 0 Å². The molecule has 0 unspecified atom stereocenters. The van der Waals surface area contributed by atoms with Crippen LogP contribution in [0.2, 0.25) is 0 Å². The zero-order valence-corrected chi connectivity index (χ0v) is 16.3. The largest absolute Gasteiger partial charge is 0.313 e. The summed E-state index contributed by atoms with van der Waals surface area (Å²) in [7, 11) is 0. The zero-order chi connectivity index (χ0) is 18.8. The van der Waals surface area contributed by atoms with Crippen LogP contribution in [0.5, 0.6) is 0 Å². The van der Waals surface area contributed by atoms with E-state index in [0.717, 1.165) is 19.1 Å². The van der Waals surface area contributed by atoms with Crippen molar-refractivity contribution in [3.63, 3.8) is 0 Å². The fourth-order valence-electron chi connectivity index (χ4n) is 4.15. The van der Waals surface area contributed by atoms with Crippen LogP contribution in [0, 0.1) is 0 Å². The van der Waals surface area contributed by atoms with Gasteiger partial charge < -0.3 is 10.6 Å². The number of rotatable bonds is 8. The Morgan fingerprint density at radius 3 is 2.14 bits per heavy atom. The molecule has 2 N–H and O–H groups in total. The number of benzene rings is 3. The summed E-state index contributed by atoms with van der Waals surface area (Å²) in [5.74, 6) is 0.657. The van der Waals surface area contributed by atoms with E-state index in [0.29, 0.717) is 12.0 Å². The van der Waals surface area contributed by atoms with Gasteiger partial charge in [-0.1, -0.05) is 78.9 Å². The predicted molar refractivity (Wildman–Crippen MR) is 117 cm³/mol. The van der Waals surface area contributed by atoms with Gasteiger partial charge in [-0.15, -0.1) is 0 Å². The van der Waals surface area contributed by atoms with Crippen molar-refractivity contribution < 1.29 is 0 Å². The Morgan fingerprint density at radius 2 is 1.36 bits per heavy atom. The van der Waals surface area contributed by atoms with Crippen LogP contribution in [0.25, 0.3) is 22.3 Å². The summed E-state index contributed by atoms with van der Waals surface area (Å²) in [5.41, 5.74) is 6.68. The fourth-order valence-corrected chi connectivity index (χ4v) is 4.15. The first-order chi connectivity index (χ1) is 13.9. The number of hydrogen-bond acceptors (Lipinski definition) is 2. The molecule has 5 rings (SSSR count).